The summed E-state index contributed by atoms with van der Waals surface area (Å²) in [4.78, 5) is 15.0. The van der Waals surface area contributed by atoms with Crippen LogP contribution < -0.4 is 4.90 Å². The second-order valence-electron chi connectivity index (χ2n) is 8.01. The molecule has 1 amide bonds. The van der Waals surface area contributed by atoms with Crippen molar-refractivity contribution in [3.05, 3.63) is 23.8 Å². The minimum atomic E-state index is -3.43. The van der Waals surface area contributed by atoms with E-state index < -0.39 is 10.0 Å². The summed E-state index contributed by atoms with van der Waals surface area (Å²) in [5.41, 5.74) is 1.86. The first-order valence-corrected chi connectivity index (χ1v) is 10.7. The van der Waals surface area contributed by atoms with Gasteiger partial charge in [0.2, 0.25) is 15.9 Å². The molecule has 0 spiro atoms. The molecule has 2 fully saturated rings. The Balaban J connectivity index is 1.51. The summed E-state index contributed by atoms with van der Waals surface area (Å²) in [7, 11) is -0.360. The lowest BCUT2D eigenvalue weighted by molar-refractivity contribution is -0.119. The molecular formula is C19H26N2O3S. The van der Waals surface area contributed by atoms with E-state index in [9.17, 15) is 13.2 Å². The summed E-state index contributed by atoms with van der Waals surface area (Å²) >= 11 is 0. The maximum Gasteiger partial charge on any atom is 0.242 e. The third kappa shape index (κ3) is 2.89. The number of nitrogens with zero attached hydrogens (tertiary/aromatic N) is 2. The maximum absolute atomic E-state index is 12.8. The maximum atomic E-state index is 12.8. The molecule has 136 valence electrons. The van der Waals surface area contributed by atoms with Crippen LogP contribution in [0.25, 0.3) is 0 Å². The van der Waals surface area contributed by atoms with Crippen LogP contribution in [0.4, 0.5) is 5.69 Å². The summed E-state index contributed by atoms with van der Waals surface area (Å²) in [6, 6.07) is 5.16. The van der Waals surface area contributed by atoms with E-state index in [2.05, 4.69) is 0 Å². The minimum absolute atomic E-state index is 0.208. The van der Waals surface area contributed by atoms with E-state index in [1.807, 2.05) is 4.90 Å². The highest BCUT2D eigenvalue weighted by molar-refractivity contribution is 7.89. The second-order valence-corrected chi connectivity index (χ2v) is 10.2. The van der Waals surface area contributed by atoms with Crippen molar-refractivity contribution in [1.29, 1.82) is 0 Å². The number of hydrogen-bond donors (Lipinski definition) is 0. The SMILES string of the molecule is CN(C)S(=O)(=O)c1ccc2c(c1)CCN2C(=O)C[C@@H]1C[C@H]2CC[C@H]1C2. The fraction of sp³-hybridized carbons (Fsp3) is 0.632. The number of rotatable bonds is 4. The van der Waals surface area contributed by atoms with E-state index in [1.165, 1.54) is 44.1 Å². The third-order valence-electron chi connectivity index (χ3n) is 6.35. The van der Waals surface area contributed by atoms with E-state index in [1.54, 1.807) is 18.2 Å². The number of carbonyl (C=O) groups excluding carboxylic acids is 1. The molecule has 0 unspecified atom stereocenters. The van der Waals surface area contributed by atoms with Gasteiger partial charge >= 0.3 is 0 Å². The van der Waals surface area contributed by atoms with Crippen LogP contribution in [0.15, 0.2) is 23.1 Å². The standard InChI is InChI=1S/C19H26N2O3S/c1-20(2)25(23,24)17-5-6-18-15(11-17)7-8-21(18)19(22)12-16-10-13-3-4-14(16)9-13/h5-6,11,13-14,16H,3-4,7-10,12H2,1-2H3/t13-,14-,16-/m0/s1. The van der Waals surface area contributed by atoms with Gasteiger partial charge in [-0.1, -0.05) is 6.42 Å². The van der Waals surface area contributed by atoms with Crippen molar-refractivity contribution in [1.82, 2.24) is 4.31 Å². The summed E-state index contributed by atoms with van der Waals surface area (Å²) in [5, 5.41) is 0. The van der Waals surface area contributed by atoms with E-state index in [0.29, 0.717) is 23.8 Å². The van der Waals surface area contributed by atoms with Crippen LogP contribution in [0.2, 0.25) is 0 Å². The van der Waals surface area contributed by atoms with Gasteiger partial charge in [0.05, 0.1) is 4.90 Å². The molecule has 1 aromatic rings. The molecular weight excluding hydrogens is 336 g/mol. The van der Waals surface area contributed by atoms with Crippen molar-refractivity contribution in [3.63, 3.8) is 0 Å². The number of amides is 1. The molecule has 6 heteroatoms. The predicted molar refractivity (Wildman–Crippen MR) is 96.9 cm³/mol. The van der Waals surface area contributed by atoms with Gasteiger partial charge in [-0.2, -0.15) is 0 Å². The number of hydrogen-bond acceptors (Lipinski definition) is 3. The van der Waals surface area contributed by atoms with Crippen LogP contribution in [0.1, 0.15) is 37.7 Å². The van der Waals surface area contributed by atoms with Gasteiger partial charge < -0.3 is 4.90 Å². The number of anilines is 1. The van der Waals surface area contributed by atoms with E-state index in [4.69, 9.17) is 0 Å². The van der Waals surface area contributed by atoms with Gasteiger partial charge in [0.15, 0.2) is 0 Å². The van der Waals surface area contributed by atoms with Crippen molar-refractivity contribution in [2.75, 3.05) is 25.5 Å². The molecule has 2 bridgehead atoms. The van der Waals surface area contributed by atoms with Gasteiger partial charge in [0, 0.05) is 32.7 Å². The molecule has 5 nitrogen and oxygen atoms in total. The number of fused-ring (bicyclic) bond motifs is 3. The number of carbonyl (C=O) groups is 1. The molecule has 0 N–H and O–H groups in total. The second kappa shape index (κ2) is 6.09. The molecule has 3 atom stereocenters. The van der Waals surface area contributed by atoms with Gasteiger partial charge in [-0.25, -0.2) is 12.7 Å². The Morgan fingerprint density at radius 1 is 1.24 bits per heavy atom. The fourth-order valence-electron chi connectivity index (χ4n) is 4.97. The van der Waals surface area contributed by atoms with Crippen LogP contribution in [0, 0.1) is 17.8 Å². The van der Waals surface area contributed by atoms with Gasteiger partial charge in [-0.15, -0.1) is 0 Å². The molecule has 1 aliphatic heterocycles. The monoisotopic (exact) mass is 362 g/mol. The van der Waals surface area contributed by atoms with Gasteiger partial charge in [0.25, 0.3) is 0 Å². The zero-order valence-corrected chi connectivity index (χ0v) is 15.8. The lowest BCUT2D eigenvalue weighted by atomic mass is 9.86. The van der Waals surface area contributed by atoms with Gasteiger partial charge in [-0.05, 0) is 67.2 Å². The Morgan fingerprint density at radius 2 is 2.04 bits per heavy atom. The van der Waals surface area contributed by atoms with Gasteiger partial charge in [-0.3, -0.25) is 4.79 Å². The first-order valence-electron chi connectivity index (χ1n) is 9.22. The lowest BCUT2D eigenvalue weighted by Crippen LogP contribution is -2.31. The van der Waals surface area contributed by atoms with E-state index >= 15 is 0 Å². The normalized spacial score (nSPS) is 28.0. The summed E-state index contributed by atoms with van der Waals surface area (Å²) in [5.74, 6) is 2.37. The molecule has 0 radical (unpaired) electrons. The fourth-order valence-corrected chi connectivity index (χ4v) is 5.92. The van der Waals surface area contributed by atoms with Crippen LogP contribution in [0.5, 0.6) is 0 Å². The number of sulfonamides is 1. The van der Waals surface area contributed by atoms with Crippen molar-refractivity contribution >= 4 is 21.6 Å². The first-order chi connectivity index (χ1) is 11.9. The third-order valence-corrected chi connectivity index (χ3v) is 8.16. The Kier molecular flexibility index (Phi) is 4.15. The van der Waals surface area contributed by atoms with Crippen molar-refractivity contribution in [3.8, 4) is 0 Å². The van der Waals surface area contributed by atoms with Crippen molar-refractivity contribution < 1.29 is 13.2 Å². The largest absolute Gasteiger partial charge is 0.312 e. The van der Waals surface area contributed by atoms with E-state index in [-0.39, 0.29) is 5.91 Å². The van der Waals surface area contributed by atoms with Crippen LogP contribution in [0.3, 0.4) is 0 Å². The number of benzene rings is 1. The molecule has 2 aliphatic carbocycles. The molecule has 25 heavy (non-hydrogen) atoms. The first kappa shape index (κ1) is 17.0. The Hall–Kier alpha value is -1.40. The highest BCUT2D eigenvalue weighted by Gasteiger charge is 2.41. The summed E-state index contributed by atoms with van der Waals surface area (Å²) in [6.45, 7) is 0.667. The lowest BCUT2D eigenvalue weighted by Gasteiger charge is -2.24. The molecule has 2 saturated carbocycles. The zero-order chi connectivity index (χ0) is 17.8. The van der Waals surface area contributed by atoms with Crippen LogP contribution >= 0.6 is 0 Å². The Morgan fingerprint density at radius 3 is 2.68 bits per heavy atom. The molecule has 1 aromatic carbocycles. The predicted octanol–water partition coefficient (Wildman–Crippen LogP) is 2.65. The minimum Gasteiger partial charge on any atom is -0.312 e. The van der Waals surface area contributed by atoms with E-state index in [0.717, 1.165) is 29.5 Å². The Bertz CT molecular complexity index is 803. The van der Waals surface area contributed by atoms with Crippen molar-refractivity contribution in [2.45, 2.75) is 43.4 Å². The zero-order valence-electron chi connectivity index (χ0n) is 14.9. The molecule has 0 aromatic heterocycles. The molecule has 3 aliphatic rings. The summed E-state index contributed by atoms with van der Waals surface area (Å²) < 4.78 is 25.8. The molecule has 0 saturated heterocycles. The van der Waals surface area contributed by atoms with Crippen molar-refractivity contribution in [2.24, 2.45) is 17.8 Å². The van der Waals surface area contributed by atoms with Gasteiger partial charge in [0.1, 0.15) is 0 Å². The Labute approximate surface area is 150 Å². The smallest absolute Gasteiger partial charge is 0.242 e. The van der Waals surface area contributed by atoms with Crippen LogP contribution in [-0.4, -0.2) is 39.3 Å². The van der Waals surface area contributed by atoms with Crippen LogP contribution in [-0.2, 0) is 21.2 Å². The topological polar surface area (TPSA) is 57.7 Å². The molecule has 4 rings (SSSR count). The average Bonchev–Trinajstić information content (AvgIpc) is 3.28. The average molecular weight is 362 g/mol. The molecule has 1 heterocycles. The highest BCUT2D eigenvalue weighted by Crippen LogP contribution is 2.49. The highest BCUT2D eigenvalue weighted by atomic mass is 32.2. The quantitative estimate of drug-likeness (QED) is 0.827. The summed E-state index contributed by atoms with van der Waals surface area (Å²) in [6.07, 6.45) is 6.57.